The zero-order valence-electron chi connectivity index (χ0n) is 15.5. The fraction of sp³-hybridized carbons (Fsp3) is 0.333. The van der Waals surface area contributed by atoms with E-state index in [1.807, 2.05) is 13.8 Å². The number of halogens is 2. The lowest BCUT2D eigenvalue weighted by Gasteiger charge is -2.34. The maximum absolute atomic E-state index is 14.4. The summed E-state index contributed by atoms with van der Waals surface area (Å²) in [6, 6.07) is 11.6. The van der Waals surface area contributed by atoms with Crippen molar-refractivity contribution >= 4 is 28.9 Å². The molecule has 1 heterocycles. The molecule has 1 aliphatic rings. The van der Waals surface area contributed by atoms with Crippen LogP contribution in [-0.4, -0.2) is 30.2 Å². The molecule has 0 spiro atoms. The van der Waals surface area contributed by atoms with E-state index in [0.29, 0.717) is 34.1 Å². The number of amides is 1. The monoisotopic (exact) mass is 387 g/mol. The molecule has 0 fully saturated rings. The Labute approximate surface area is 163 Å². The lowest BCUT2D eigenvalue weighted by Crippen LogP contribution is -2.51. The van der Waals surface area contributed by atoms with Gasteiger partial charge in [-0.2, -0.15) is 0 Å². The minimum atomic E-state index is -0.505. The quantitative estimate of drug-likeness (QED) is 0.836. The number of nitrogens with two attached hydrogens (primary N) is 1. The highest BCUT2D eigenvalue weighted by molar-refractivity contribution is 6.32. The van der Waals surface area contributed by atoms with Gasteiger partial charge < -0.3 is 10.6 Å². The topological polar surface area (TPSA) is 58.7 Å². The molecule has 2 aromatic carbocycles. The number of nitrogens with zero attached hydrogens (tertiary/aromatic N) is 2. The van der Waals surface area contributed by atoms with E-state index < -0.39 is 11.4 Å². The van der Waals surface area contributed by atoms with Crippen molar-refractivity contribution in [3.63, 3.8) is 0 Å². The summed E-state index contributed by atoms with van der Waals surface area (Å²) in [5.74, 6) is -0.556. The number of carbonyl (C=O) groups excluding carboxylic acids is 1. The van der Waals surface area contributed by atoms with Crippen LogP contribution in [-0.2, 0) is 4.79 Å². The largest absolute Gasteiger partial charge is 0.324 e. The predicted molar refractivity (Wildman–Crippen MR) is 108 cm³/mol. The molecule has 2 aromatic rings. The number of benzodiazepines with no additional fused rings is 1. The van der Waals surface area contributed by atoms with Crippen LogP contribution < -0.4 is 10.6 Å². The van der Waals surface area contributed by atoms with Crippen LogP contribution in [0.5, 0.6) is 0 Å². The van der Waals surface area contributed by atoms with E-state index >= 15 is 0 Å². The Morgan fingerprint density at radius 2 is 1.89 bits per heavy atom. The highest BCUT2D eigenvalue weighted by Crippen LogP contribution is 2.31. The molecule has 0 radical (unpaired) electrons. The van der Waals surface area contributed by atoms with Gasteiger partial charge in [0.15, 0.2) is 0 Å². The first-order valence-corrected chi connectivity index (χ1v) is 9.45. The first-order chi connectivity index (χ1) is 12.9. The number of fused-ring (bicyclic) bond motifs is 1. The smallest absolute Gasteiger partial charge is 0.248 e. The van der Waals surface area contributed by atoms with Gasteiger partial charge in [0.1, 0.15) is 12.4 Å². The van der Waals surface area contributed by atoms with Crippen molar-refractivity contribution in [1.82, 2.24) is 0 Å². The maximum Gasteiger partial charge on any atom is 0.248 e. The van der Waals surface area contributed by atoms with E-state index in [1.165, 1.54) is 6.07 Å². The Kier molecular flexibility index (Phi) is 5.63. The molecule has 3 rings (SSSR count). The number of benzene rings is 2. The summed E-state index contributed by atoms with van der Waals surface area (Å²) in [4.78, 5) is 19.0. The highest BCUT2D eigenvalue weighted by Gasteiger charge is 2.32. The first kappa shape index (κ1) is 19.5. The molecule has 1 amide bonds. The zero-order valence-corrected chi connectivity index (χ0v) is 16.3. The van der Waals surface area contributed by atoms with Crippen molar-refractivity contribution in [1.29, 1.82) is 0 Å². The molecular weight excluding hydrogens is 365 g/mol. The van der Waals surface area contributed by atoms with Crippen molar-refractivity contribution < 1.29 is 9.18 Å². The average Bonchev–Trinajstić information content (AvgIpc) is 2.79. The van der Waals surface area contributed by atoms with Gasteiger partial charge in [0.25, 0.3) is 0 Å². The fourth-order valence-electron chi connectivity index (χ4n) is 3.23. The summed E-state index contributed by atoms with van der Waals surface area (Å²) in [6.45, 7) is 4.32. The molecule has 0 saturated heterocycles. The Bertz CT molecular complexity index is 893. The second-order valence-electron chi connectivity index (χ2n) is 6.86. The predicted octanol–water partition coefficient (Wildman–Crippen LogP) is 4.18. The molecule has 0 atom stereocenters. The normalized spacial score (nSPS) is 14.6. The van der Waals surface area contributed by atoms with E-state index in [1.54, 1.807) is 41.3 Å². The summed E-state index contributed by atoms with van der Waals surface area (Å²) >= 11 is 6.22. The van der Waals surface area contributed by atoms with E-state index in [9.17, 15) is 9.18 Å². The molecule has 0 unspecified atom stereocenters. The van der Waals surface area contributed by atoms with Crippen molar-refractivity contribution in [2.45, 2.75) is 32.2 Å². The van der Waals surface area contributed by atoms with Gasteiger partial charge in [-0.25, -0.2) is 4.39 Å². The third-order valence-electron chi connectivity index (χ3n) is 5.19. The van der Waals surface area contributed by atoms with Crippen LogP contribution in [0.3, 0.4) is 0 Å². The van der Waals surface area contributed by atoms with Crippen LogP contribution in [0, 0.1) is 5.82 Å². The van der Waals surface area contributed by atoms with Gasteiger partial charge in [0.05, 0.1) is 11.4 Å². The highest BCUT2D eigenvalue weighted by atomic mass is 35.5. The number of aliphatic imine (C=N–C) groups is 1. The van der Waals surface area contributed by atoms with Gasteiger partial charge in [-0.3, -0.25) is 9.79 Å². The Morgan fingerprint density at radius 3 is 2.56 bits per heavy atom. The molecule has 142 valence electrons. The average molecular weight is 388 g/mol. The van der Waals surface area contributed by atoms with Gasteiger partial charge >= 0.3 is 0 Å². The number of carbonyl (C=O) groups is 1. The van der Waals surface area contributed by atoms with Crippen LogP contribution in [0.1, 0.15) is 37.8 Å². The van der Waals surface area contributed by atoms with Gasteiger partial charge in [-0.1, -0.05) is 37.6 Å². The molecule has 0 aromatic heterocycles. The van der Waals surface area contributed by atoms with E-state index in [2.05, 4.69) is 4.99 Å². The SMILES string of the molecule is CCC(N)(CC)CN1C(=O)CN=C(c2ccccc2F)c2cc(Cl)ccc21. The minimum Gasteiger partial charge on any atom is -0.324 e. The molecule has 0 aliphatic carbocycles. The number of rotatable bonds is 5. The van der Waals surface area contributed by atoms with E-state index in [-0.39, 0.29) is 12.5 Å². The summed E-state index contributed by atoms with van der Waals surface area (Å²) in [5, 5.41) is 0.497. The summed E-state index contributed by atoms with van der Waals surface area (Å²) in [7, 11) is 0. The zero-order chi connectivity index (χ0) is 19.6. The molecule has 1 aliphatic heterocycles. The van der Waals surface area contributed by atoms with E-state index in [4.69, 9.17) is 17.3 Å². The Balaban J connectivity index is 2.15. The lowest BCUT2D eigenvalue weighted by molar-refractivity contribution is -0.117. The Hall–Kier alpha value is -2.24. The number of hydrogen-bond donors (Lipinski definition) is 1. The van der Waals surface area contributed by atoms with Crippen molar-refractivity contribution in [3.8, 4) is 0 Å². The second kappa shape index (κ2) is 7.79. The third-order valence-corrected chi connectivity index (χ3v) is 5.42. The summed E-state index contributed by atoms with van der Waals surface area (Å²) in [5.41, 5.74) is 8.04. The standard InChI is InChI=1S/C21H23ClFN3O/c1-3-21(24,4-2)13-26-18-10-9-14(22)11-16(18)20(25-12-19(26)27)15-7-5-6-8-17(15)23/h5-11H,3-4,12-13,24H2,1-2H3. The van der Waals surface area contributed by atoms with Crippen LogP contribution in [0.2, 0.25) is 5.02 Å². The fourth-order valence-corrected chi connectivity index (χ4v) is 3.40. The van der Waals surface area contributed by atoms with Gasteiger partial charge in [-0.05, 0) is 43.2 Å². The van der Waals surface area contributed by atoms with Crippen molar-refractivity contribution in [2.75, 3.05) is 18.0 Å². The molecule has 0 saturated carbocycles. The van der Waals surface area contributed by atoms with Crippen LogP contribution >= 0.6 is 11.6 Å². The molecule has 2 N–H and O–H groups in total. The van der Waals surface area contributed by atoms with Crippen LogP contribution in [0.15, 0.2) is 47.5 Å². The van der Waals surface area contributed by atoms with Gasteiger partial charge in [-0.15, -0.1) is 0 Å². The minimum absolute atomic E-state index is 0.0700. The van der Waals surface area contributed by atoms with Gasteiger partial charge in [0, 0.05) is 28.2 Å². The molecule has 0 bridgehead atoms. The summed E-state index contributed by atoms with van der Waals surface area (Å²) < 4.78 is 14.4. The summed E-state index contributed by atoms with van der Waals surface area (Å²) in [6.07, 6.45) is 1.47. The number of anilines is 1. The maximum atomic E-state index is 14.4. The van der Waals surface area contributed by atoms with Crippen LogP contribution in [0.4, 0.5) is 10.1 Å². The third kappa shape index (κ3) is 3.89. The molecule has 6 heteroatoms. The first-order valence-electron chi connectivity index (χ1n) is 9.07. The molecular formula is C21H23ClFN3O. The van der Waals surface area contributed by atoms with Crippen molar-refractivity contribution in [3.05, 3.63) is 64.4 Å². The lowest BCUT2D eigenvalue weighted by atomic mass is 9.92. The number of hydrogen-bond acceptors (Lipinski definition) is 3. The van der Waals surface area contributed by atoms with Crippen molar-refractivity contribution in [2.24, 2.45) is 10.7 Å². The van der Waals surface area contributed by atoms with Gasteiger partial charge in [0.2, 0.25) is 5.91 Å². The van der Waals surface area contributed by atoms with E-state index in [0.717, 1.165) is 12.8 Å². The second-order valence-corrected chi connectivity index (χ2v) is 7.29. The Morgan fingerprint density at radius 1 is 1.19 bits per heavy atom. The molecule has 4 nitrogen and oxygen atoms in total. The van der Waals surface area contributed by atoms with Crippen LogP contribution in [0.25, 0.3) is 0 Å². The molecule has 27 heavy (non-hydrogen) atoms.